The number of nitrogens with zero attached hydrogens (tertiary/aromatic N) is 2. The SMILES string of the molecule is CCOC1CC(NCc2ccn(C3CCCC3)n2)C1. The van der Waals surface area contributed by atoms with Crippen molar-refractivity contribution in [2.24, 2.45) is 0 Å². The number of ether oxygens (including phenoxy) is 1. The highest BCUT2D eigenvalue weighted by Crippen LogP contribution is 2.28. The van der Waals surface area contributed by atoms with Gasteiger partial charge in [-0.25, -0.2) is 0 Å². The van der Waals surface area contributed by atoms with Crippen LogP contribution in [0.4, 0.5) is 0 Å². The monoisotopic (exact) mass is 263 g/mol. The lowest BCUT2D eigenvalue weighted by Gasteiger charge is -2.35. The van der Waals surface area contributed by atoms with Gasteiger partial charge in [0.2, 0.25) is 0 Å². The van der Waals surface area contributed by atoms with E-state index < -0.39 is 0 Å². The van der Waals surface area contributed by atoms with Gasteiger partial charge in [-0.1, -0.05) is 12.8 Å². The normalized spacial score (nSPS) is 27.6. The van der Waals surface area contributed by atoms with Crippen LogP contribution in [0.5, 0.6) is 0 Å². The van der Waals surface area contributed by atoms with Gasteiger partial charge >= 0.3 is 0 Å². The van der Waals surface area contributed by atoms with E-state index in [1.165, 1.54) is 31.4 Å². The summed E-state index contributed by atoms with van der Waals surface area (Å²) in [6, 6.07) is 3.43. The summed E-state index contributed by atoms with van der Waals surface area (Å²) in [5.74, 6) is 0. The maximum atomic E-state index is 5.57. The summed E-state index contributed by atoms with van der Waals surface area (Å²) >= 11 is 0. The molecular weight excluding hydrogens is 238 g/mol. The summed E-state index contributed by atoms with van der Waals surface area (Å²) in [5.41, 5.74) is 1.17. The Morgan fingerprint density at radius 2 is 2.16 bits per heavy atom. The maximum Gasteiger partial charge on any atom is 0.0762 e. The molecule has 0 atom stereocenters. The summed E-state index contributed by atoms with van der Waals surface area (Å²) in [6.45, 7) is 3.79. The van der Waals surface area contributed by atoms with E-state index in [0.717, 1.165) is 26.0 Å². The first-order valence-corrected chi connectivity index (χ1v) is 7.74. The van der Waals surface area contributed by atoms with Crippen LogP contribution in [0.25, 0.3) is 0 Å². The Kier molecular flexibility index (Phi) is 4.18. The number of nitrogens with one attached hydrogen (secondary N) is 1. The van der Waals surface area contributed by atoms with E-state index in [9.17, 15) is 0 Å². The predicted octanol–water partition coefficient (Wildman–Crippen LogP) is 2.66. The first kappa shape index (κ1) is 13.1. The van der Waals surface area contributed by atoms with Crippen molar-refractivity contribution in [2.75, 3.05) is 6.61 Å². The lowest BCUT2D eigenvalue weighted by Crippen LogP contribution is -2.45. The molecule has 1 aromatic heterocycles. The molecule has 0 amide bonds. The third kappa shape index (κ3) is 3.18. The van der Waals surface area contributed by atoms with Gasteiger partial charge in [0, 0.05) is 25.4 Å². The van der Waals surface area contributed by atoms with Gasteiger partial charge in [0.15, 0.2) is 0 Å². The fourth-order valence-corrected chi connectivity index (χ4v) is 3.20. The van der Waals surface area contributed by atoms with E-state index >= 15 is 0 Å². The minimum atomic E-state index is 0.485. The molecule has 1 N–H and O–H groups in total. The Labute approximate surface area is 115 Å². The Bertz CT molecular complexity index is 392. The van der Waals surface area contributed by atoms with Crippen LogP contribution in [0.15, 0.2) is 12.3 Å². The van der Waals surface area contributed by atoms with Gasteiger partial charge in [-0.15, -0.1) is 0 Å². The molecule has 19 heavy (non-hydrogen) atoms. The third-order valence-corrected chi connectivity index (χ3v) is 4.43. The molecule has 4 nitrogen and oxygen atoms in total. The zero-order valence-electron chi connectivity index (χ0n) is 11.8. The van der Waals surface area contributed by atoms with Gasteiger partial charge < -0.3 is 10.1 Å². The predicted molar refractivity (Wildman–Crippen MR) is 75.0 cm³/mol. The molecule has 2 aliphatic rings. The molecule has 2 saturated carbocycles. The zero-order valence-corrected chi connectivity index (χ0v) is 11.8. The summed E-state index contributed by atoms with van der Waals surface area (Å²) in [7, 11) is 0. The second-order valence-corrected chi connectivity index (χ2v) is 5.85. The highest BCUT2D eigenvalue weighted by Gasteiger charge is 2.29. The van der Waals surface area contributed by atoms with E-state index in [1.807, 2.05) is 0 Å². The second kappa shape index (κ2) is 6.06. The minimum Gasteiger partial charge on any atom is -0.378 e. The minimum absolute atomic E-state index is 0.485. The van der Waals surface area contributed by atoms with E-state index in [4.69, 9.17) is 9.84 Å². The van der Waals surface area contributed by atoms with E-state index in [2.05, 4.69) is 29.2 Å². The van der Waals surface area contributed by atoms with Crippen molar-refractivity contribution in [2.45, 2.75) is 70.2 Å². The first-order valence-electron chi connectivity index (χ1n) is 7.74. The maximum absolute atomic E-state index is 5.57. The summed E-state index contributed by atoms with van der Waals surface area (Å²) < 4.78 is 7.75. The van der Waals surface area contributed by atoms with E-state index in [1.54, 1.807) is 0 Å². The fraction of sp³-hybridized carbons (Fsp3) is 0.800. The summed E-state index contributed by atoms with van der Waals surface area (Å²) in [4.78, 5) is 0. The molecule has 0 unspecified atom stereocenters. The first-order chi connectivity index (χ1) is 9.35. The van der Waals surface area contributed by atoms with Crippen LogP contribution in [-0.2, 0) is 11.3 Å². The Morgan fingerprint density at radius 1 is 1.37 bits per heavy atom. The van der Waals surface area contributed by atoms with Crippen LogP contribution in [0.3, 0.4) is 0 Å². The van der Waals surface area contributed by atoms with Crippen LogP contribution < -0.4 is 5.32 Å². The van der Waals surface area contributed by atoms with Gasteiger partial charge in [0.25, 0.3) is 0 Å². The largest absolute Gasteiger partial charge is 0.378 e. The van der Waals surface area contributed by atoms with Crippen molar-refractivity contribution >= 4 is 0 Å². The Morgan fingerprint density at radius 3 is 2.89 bits per heavy atom. The topological polar surface area (TPSA) is 39.1 Å². The third-order valence-electron chi connectivity index (χ3n) is 4.43. The number of hydrogen-bond donors (Lipinski definition) is 1. The van der Waals surface area contributed by atoms with Crippen LogP contribution >= 0.6 is 0 Å². The average molecular weight is 263 g/mol. The number of hydrogen-bond acceptors (Lipinski definition) is 3. The molecule has 3 rings (SSSR count). The van der Waals surface area contributed by atoms with Crippen LogP contribution in [-0.4, -0.2) is 28.5 Å². The van der Waals surface area contributed by atoms with Gasteiger partial charge in [-0.05, 0) is 38.7 Å². The molecule has 0 bridgehead atoms. The lowest BCUT2D eigenvalue weighted by molar-refractivity contribution is -0.0103. The summed E-state index contributed by atoms with van der Waals surface area (Å²) in [5, 5.41) is 8.27. The molecule has 0 radical (unpaired) electrons. The van der Waals surface area contributed by atoms with Crippen molar-refractivity contribution in [3.63, 3.8) is 0 Å². The molecule has 106 valence electrons. The van der Waals surface area contributed by atoms with Crippen LogP contribution in [0.1, 0.15) is 57.2 Å². The standard InChI is InChI=1S/C15H25N3O/c1-2-19-15-9-13(10-15)16-11-12-7-8-18(17-12)14-5-3-4-6-14/h7-8,13-16H,2-6,9-11H2,1H3. The van der Waals surface area contributed by atoms with Gasteiger partial charge in [0.1, 0.15) is 0 Å². The van der Waals surface area contributed by atoms with Gasteiger partial charge in [-0.3, -0.25) is 4.68 Å². The zero-order chi connectivity index (χ0) is 13.1. The van der Waals surface area contributed by atoms with Crippen molar-refractivity contribution in [1.82, 2.24) is 15.1 Å². The average Bonchev–Trinajstić information content (AvgIpc) is 3.01. The van der Waals surface area contributed by atoms with Crippen molar-refractivity contribution in [3.05, 3.63) is 18.0 Å². The molecule has 0 aromatic carbocycles. The number of aromatic nitrogens is 2. The molecule has 1 heterocycles. The van der Waals surface area contributed by atoms with Crippen molar-refractivity contribution in [3.8, 4) is 0 Å². The molecular formula is C15H25N3O. The molecule has 2 aliphatic carbocycles. The summed E-state index contributed by atoms with van der Waals surface area (Å²) in [6.07, 6.45) is 10.3. The molecule has 0 saturated heterocycles. The van der Waals surface area contributed by atoms with Gasteiger partial charge in [0.05, 0.1) is 17.8 Å². The fourth-order valence-electron chi connectivity index (χ4n) is 3.20. The number of rotatable bonds is 6. The quantitative estimate of drug-likeness (QED) is 0.857. The van der Waals surface area contributed by atoms with Crippen LogP contribution in [0, 0.1) is 0 Å². The highest BCUT2D eigenvalue weighted by molar-refractivity contribution is 5.01. The lowest BCUT2D eigenvalue weighted by atomic mass is 9.89. The van der Waals surface area contributed by atoms with Gasteiger partial charge in [-0.2, -0.15) is 5.10 Å². The molecule has 1 aromatic rings. The molecule has 0 aliphatic heterocycles. The van der Waals surface area contributed by atoms with Crippen molar-refractivity contribution in [1.29, 1.82) is 0 Å². The smallest absolute Gasteiger partial charge is 0.0762 e. The van der Waals surface area contributed by atoms with E-state index in [0.29, 0.717) is 18.2 Å². The van der Waals surface area contributed by atoms with E-state index in [-0.39, 0.29) is 0 Å². The second-order valence-electron chi connectivity index (χ2n) is 5.85. The molecule has 0 spiro atoms. The molecule has 2 fully saturated rings. The Hall–Kier alpha value is -0.870. The van der Waals surface area contributed by atoms with Crippen molar-refractivity contribution < 1.29 is 4.74 Å². The Balaban J connectivity index is 1.41. The highest BCUT2D eigenvalue weighted by atomic mass is 16.5. The molecule has 4 heteroatoms. The van der Waals surface area contributed by atoms with Crippen LogP contribution in [0.2, 0.25) is 0 Å².